The predicted molar refractivity (Wildman–Crippen MR) is 106 cm³/mol. The first-order chi connectivity index (χ1) is 12.7. The number of unbranched alkanes of at least 4 members (excludes halogenated alkanes) is 3. The van der Waals surface area contributed by atoms with Crippen molar-refractivity contribution in [1.82, 2.24) is 4.90 Å². The summed E-state index contributed by atoms with van der Waals surface area (Å²) < 4.78 is 11.2. The lowest BCUT2D eigenvalue weighted by Crippen LogP contribution is -2.37. The number of anilines is 1. The second-order valence-electron chi connectivity index (χ2n) is 7.14. The van der Waals surface area contributed by atoms with E-state index in [0.29, 0.717) is 0 Å². The predicted octanol–water partition coefficient (Wildman–Crippen LogP) is 5.07. The van der Waals surface area contributed by atoms with Crippen molar-refractivity contribution in [2.24, 2.45) is 0 Å². The summed E-state index contributed by atoms with van der Waals surface area (Å²) in [7, 11) is 0. The van der Waals surface area contributed by atoms with E-state index < -0.39 is 6.09 Å². The van der Waals surface area contributed by atoms with Crippen LogP contribution in [0.2, 0.25) is 0 Å². The van der Waals surface area contributed by atoms with Crippen LogP contribution in [-0.2, 0) is 4.74 Å². The van der Waals surface area contributed by atoms with E-state index in [9.17, 15) is 4.79 Å². The Labute approximate surface area is 158 Å². The zero-order valence-electron chi connectivity index (χ0n) is 16.3. The quantitative estimate of drug-likeness (QED) is 0.591. The van der Waals surface area contributed by atoms with Crippen LogP contribution in [0.1, 0.15) is 58.8 Å². The van der Waals surface area contributed by atoms with Crippen molar-refractivity contribution in [2.45, 2.75) is 64.9 Å². The summed E-state index contributed by atoms with van der Waals surface area (Å²) in [4.78, 5) is 14.4. The van der Waals surface area contributed by atoms with Gasteiger partial charge in [-0.05, 0) is 63.5 Å². The van der Waals surface area contributed by atoms with E-state index in [1.165, 1.54) is 38.5 Å². The number of nitrogens with zero attached hydrogens (tertiary/aromatic N) is 1. The normalized spacial score (nSPS) is 16.1. The average molecular weight is 363 g/mol. The number of nitrogens with one attached hydrogen (secondary N) is 1. The molecule has 0 aliphatic carbocycles. The molecule has 0 aromatic heterocycles. The molecule has 1 aromatic rings. The Bertz CT molecular complexity index is 512. The van der Waals surface area contributed by atoms with Gasteiger partial charge in [0.2, 0.25) is 0 Å². The van der Waals surface area contributed by atoms with Crippen molar-refractivity contribution in [3.8, 4) is 5.75 Å². The highest BCUT2D eigenvalue weighted by Crippen LogP contribution is 2.17. The van der Waals surface area contributed by atoms with Gasteiger partial charge in [0.05, 0.1) is 6.61 Å². The number of likely N-dealkylation sites (tertiary alicyclic amines) is 1. The minimum absolute atomic E-state index is 0.112. The fourth-order valence-electron chi connectivity index (χ4n) is 3.23. The molecule has 1 amide bonds. The number of amides is 1. The molecule has 1 heterocycles. The molecule has 1 N–H and O–H groups in total. The van der Waals surface area contributed by atoms with Gasteiger partial charge >= 0.3 is 6.09 Å². The zero-order valence-corrected chi connectivity index (χ0v) is 16.3. The molecule has 1 saturated heterocycles. The minimum Gasteiger partial charge on any atom is -0.494 e. The van der Waals surface area contributed by atoms with Gasteiger partial charge in [0.1, 0.15) is 11.9 Å². The molecule has 5 heteroatoms. The van der Waals surface area contributed by atoms with Crippen LogP contribution >= 0.6 is 0 Å². The van der Waals surface area contributed by atoms with Crippen LogP contribution in [0.3, 0.4) is 0 Å². The van der Waals surface area contributed by atoms with Crippen LogP contribution in [0.15, 0.2) is 24.3 Å². The lowest BCUT2D eigenvalue weighted by atomic mass is 10.1. The van der Waals surface area contributed by atoms with Gasteiger partial charge in [-0.2, -0.15) is 0 Å². The first-order valence-electron chi connectivity index (χ1n) is 10.1. The highest BCUT2D eigenvalue weighted by Gasteiger charge is 2.16. The summed E-state index contributed by atoms with van der Waals surface area (Å²) in [6.45, 7) is 7.90. The molecule has 1 aliphatic rings. The van der Waals surface area contributed by atoms with Crippen molar-refractivity contribution < 1.29 is 14.3 Å². The lowest BCUT2D eigenvalue weighted by molar-refractivity contribution is 0.0833. The third kappa shape index (κ3) is 8.09. The molecule has 26 heavy (non-hydrogen) atoms. The molecule has 1 fully saturated rings. The van der Waals surface area contributed by atoms with Crippen LogP contribution in [-0.4, -0.2) is 43.3 Å². The molecule has 0 spiro atoms. The summed E-state index contributed by atoms with van der Waals surface area (Å²) in [5, 5.41) is 2.79. The van der Waals surface area contributed by atoms with Crippen LogP contribution in [0.4, 0.5) is 10.5 Å². The van der Waals surface area contributed by atoms with Gasteiger partial charge in [-0.25, -0.2) is 4.79 Å². The molecule has 5 nitrogen and oxygen atoms in total. The first kappa shape index (κ1) is 20.6. The Morgan fingerprint density at radius 1 is 1.12 bits per heavy atom. The number of ether oxygens (including phenoxy) is 2. The molecule has 0 saturated carbocycles. The number of hydrogen-bond acceptors (Lipinski definition) is 4. The number of carbonyl (C=O) groups excluding carboxylic acids is 1. The van der Waals surface area contributed by atoms with Crippen molar-refractivity contribution in [3.63, 3.8) is 0 Å². The molecule has 0 radical (unpaired) electrons. The number of rotatable bonds is 10. The Morgan fingerprint density at radius 2 is 1.85 bits per heavy atom. The second kappa shape index (κ2) is 11.8. The number of hydrogen-bond donors (Lipinski definition) is 1. The Kier molecular flexibility index (Phi) is 9.32. The highest BCUT2D eigenvalue weighted by molar-refractivity contribution is 5.84. The maximum absolute atomic E-state index is 12.0. The maximum Gasteiger partial charge on any atom is 0.411 e. The summed E-state index contributed by atoms with van der Waals surface area (Å²) in [6, 6.07) is 7.45. The number of piperidine rings is 1. The largest absolute Gasteiger partial charge is 0.494 e. The molecular formula is C21H34N2O3. The standard InChI is InChI=1S/C21H34N2O3/c1-3-4-5-9-16-25-20-12-10-19(11-13-20)22-21(24)26-18(2)17-23-14-7-6-8-15-23/h10-13,18H,3-9,14-17H2,1-2H3,(H,22,24). The van der Waals surface area contributed by atoms with E-state index in [4.69, 9.17) is 9.47 Å². The second-order valence-corrected chi connectivity index (χ2v) is 7.14. The van der Waals surface area contributed by atoms with E-state index in [1.807, 2.05) is 31.2 Å². The molecule has 1 aliphatic heterocycles. The Morgan fingerprint density at radius 3 is 2.54 bits per heavy atom. The molecule has 1 unspecified atom stereocenters. The van der Waals surface area contributed by atoms with Crippen molar-refractivity contribution in [2.75, 3.05) is 31.6 Å². The molecule has 2 rings (SSSR count). The van der Waals surface area contributed by atoms with Crippen LogP contribution in [0.5, 0.6) is 5.75 Å². The van der Waals surface area contributed by atoms with Crippen molar-refractivity contribution in [1.29, 1.82) is 0 Å². The van der Waals surface area contributed by atoms with Gasteiger partial charge in [0.25, 0.3) is 0 Å². The van der Waals surface area contributed by atoms with E-state index in [2.05, 4.69) is 17.1 Å². The van der Waals surface area contributed by atoms with E-state index >= 15 is 0 Å². The SMILES string of the molecule is CCCCCCOc1ccc(NC(=O)OC(C)CN2CCCCC2)cc1. The average Bonchev–Trinajstić information content (AvgIpc) is 2.63. The van der Waals surface area contributed by atoms with E-state index in [0.717, 1.165) is 44.1 Å². The number of carbonyl (C=O) groups is 1. The lowest BCUT2D eigenvalue weighted by Gasteiger charge is -2.28. The first-order valence-corrected chi connectivity index (χ1v) is 10.1. The third-order valence-corrected chi connectivity index (χ3v) is 4.64. The fraction of sp³-hybridized carbons (Fsp3) is 0.667. The Hall–Kier alpha value is -1.75. The van der Waals surface area contributed by atoms with Crippen LogP contribution < -0.4 is 10.1 Å². The molecule has 146 valence electrons. The summed E-state index contributed by atoms with van der Waals surface area (Å²) in [6.07, 6.45) is 8.05. The maximum atomic E-state index is 12.0. The Balaban J connectivity index is 1.66. The van der Waals surface area contributed by atoms with Gasteiger partial charge in [0.15, 0.2) is 0 Å². The topological polar surface area (TPSA) is 50.8 Å². The van der Waals surface area contributed by atoms with Gasteiger partial charge in [0, 0.05) is 12.2 Å². The van der Waals surface area contributed by atoms with Gasteiger partial charge in [-0.1, -0.05) is 32.6 Å². The van der Waals surface area contributed by atoms with Gasteiger partial charge in [-0.3, -0.25) is 10.2 Å². The van der Waals surface area contributed by atoms with Crippen molar-refractivity contribution >= 4 is 11.8 Å². The van der Waals surface area contributed by atoms with Gasteiger partial charge in [-0.15, -0.1) is 0 Å². The summed E-state index contributed by atoms with van der Waals surface area (Å²) in [5.41, 5.74) is 0.721. The summed E-state index contributed by atoms with van der Waals surface area (Å²) in [5.74, 6) is 0.832. The molecular weight excluding hydrogens is 328 g/mol. The molecule has 0 bridgehead atoms. The third-order valence-electron chi connectivity index (χ3n) is 4.64. The van der Waals surface area contributed by atoms with Gasteiger partial charge < -0.3 is 9.47 Å². The van der Waals surface area contributed by atoms with E-state index in [1.54, 1.807) is 0 Å². The summed E-state index contributed by atoms with van der Waals surface area (Å²) >= 11 is 0. The molecule has 1 atom stereocenters. The molecule has 1 aromatic carbocycles. The smallest absolute Gasteiger partial charge is 0.411 e. The minimum atomic E-state index is -0.400. The monoisotopic (exact) mass is 362 g/mol. The zero-order chi connectivity index (χ0) is 18.6. The van der Waals surface area contributed by atoms with E-state index in [-0.39, 0.29) is 6.10 Å². The fourth-order valence-corrected chi connectivity index (χ4v) is 3.23. The number of benzene rings is 1. The highest BCUT2D eigenvalue weighted by atomic mass is 16.6. The van der Waals surface area contributed by atoms with Crippen LogP contribution in [0, 0.1) is 0 Å². The van der Waals surface area contributed by atoms with Crippen LogP contribution in [0.25, 0.3) is 0 Å². The van der Waals surface area contributed by atoms with Crippen molar-refractivity contribution in [3.05, 3.63) is 24.3 Å².